The quantitative estimate of drug-likeness (QED) is 0.699. The van der Waals surface area contributed by atoms with Crippen LogP contribution in [0.4, 0.5) is 11.5 Å². The molecule has 0 aliphatic heterocycles. The van der Waals surface area contributed by atoms with Gasteiger partial charge in [-0.1, -0.05) is 6.07 Å². The normalized spacial score (nSPS) is 11.4. The van der Waals surface area contributed by atoms with Crippen molar-refractivity contribution in [2.24, 2.45) is 10.2 Å². The second-order valence-corrected chi connectivity index (χ2v) is 5.57. The van der Waals surface area contributed by atoms with Gasteiger partial charge < -0.3 is 5.11 Å². The summed E-state index contributed by atoms with van der Waals surface area (Å²) in [4.78, 5) is 15.4. The zero-order chi connectivity index (χ0) is 15.7. The third kappa shape index (κ3) is 2.75. The van der Waals surface area contributed by atoms with Crippen molar-refractivity contribution in [1.29, 1.82) is 0 Å². The predicted octanol–water partition coefficient (Wildman–Crippen LogP) is 4.52. The molecule has 0 spiro atoms. The van der Waals surface area contributed by atoms with Crippen LogP contribution in [0.1, 0.15) is 16.1 Å². The van der Waals surface area contributed by atoms with Crippen molar-refractivity contribution in [1.82, 2.24) is 9.38 Å². The number of aromatic nitrogens is 2. The van der Waals surface area contributed by atoms with E-state index >= 15 is 0 Å². The second kappa shape index (κ2) is 5.69. The zero-order valence-corrected chi connectivity index (χ0v) is 13.1. The molecule has 0 aliphatic rings. The number of carbonyl (C=O) groups is 1. The number of aromatic carboxylic acids is 1. The molecule has 1 N–H and O–H groups in total. The van der Waals surface area contributed by atoms with Gasteiger partial charge in [0.1, 0.15) is 5.65 Å². The lowest BCUT2D eigenvalue weighted by molar-refractivity contribution is 0.0697. The van der Waals surface area contributed by atoms with Crippen molar-refractivity contribution in [3.63, 3.8) is 0 Å². The number of imidazole rings is 1. The van der Waals surface area contributed by atoms with Gasteiger partial charge >= 0.3 is 5.97 Å². The Morgan fingerprint density at radius 1 is 1.27 bits per heavy atom. The third-order valence-electron chi connectivity index (χ3n) is 3.08. The number of fused-ring (bicyclic) bond motifs is 1. The highest BCUT2D eigenvalue weighted by Gasteiger charge is 2.08. The molecule has 0 saturated carbocycles. The van der Waals surface area contributed by atoms with E-state index in [-0.39, 0.29) is 5.56 Å². The van der Waals surface area contributed by atoms with E-state index in [9.17, 15) is 4.79 Å². The first-order valence-electron chi connectivity index (χ1n) is 6.44. The lowest BCUT2D eigenvalue weighted by atomic mass is 10.2. The summed E-state index contributed by atoms with van der Waals surface area (Å²) in [6.45, 7) is 1.85. The highest BCUT2D eigenvalue weighted by atomic mass is 79.9. The summed E-state index contributed by atoms with van der Waals surface area (Å²) in [5, 5.41) is 17.3. The molecular formula is C15H11BrN4O2. The van der Waals surface area contributed by atoms with Crippen LogP contribution in [-0.4, -0.2) is 20.5 Å². The highest BCUT2D eigenvalue weighted by molar-refractivity contribution is 9.10. The molecule has 3 rings (SSSR count). The predicted molar refractivity (Wildman–Crippen MR) is 85.2 cm³/mol. The molecule has 3 aromatic rings. The van der Waals surface area contributed by atoms with Crippen LogP contribution >= 0.6 is 15.9 Å². The lowest BCUT2D eigenvalue weighted by Crippen LogP contribution is -1.94. The first kappa shape index (κ1) is 14.4. The molecule has 0 bridgehead atoms. The second-order valence-electron chi connectivity index (χ2n) is 4.65. The number of hydrogen-bond donors (Lipinski definition) is 1. The van der Waals surface area contributed by atoms with Crippen LogP contribution in [-0.2, 0) is 0 Å². The van der Waals surface area contributed by atoms with Crippen LogP contribution in [0.15, 0.2) is 57.3 Å². The fourth-order valence-electron chi connectivity index (χ4n) is 2.05. The Kier molecular flexibility index (Phi) is 3.72. The minimum Gasteiger partial charge on any atom is -0.478 e. The van der Waals surface area contributed by atoms with E-state index in [4.69, 9.17) is 5.11 Å². The third-order valence-corrected chi connectivity index (χ3v) is 3.55. The van der Waals surface area contributed by atoms with Crippen LogP contribution < -0.4 is 0 Å². The van der Waals surface area contributed by atoms with E-state index in [0.29, 0.717) is 11.5 Å². The maximum atomic E-state index is 11.0. The summed E-state index contributed by atoms with van der Waals surface area (Å²) in [6, 6.07) is 10.1. The Morgan fingerprint density at radius 3 is 2.86 bits per heavy atom. The van der Waals surface area contributed by atoms with Crippen LogP contribution in [0.25, 0.3) is 5.65 Å². The summed E-state index contributed by atoms with van der Waals surface area (Å²) in [5.41, 5.74) is 2.17. The number of carboxylic acid groups (broad SMARTS) is 1. The van der Waals surface area contributed by atoms with Gasteiger partial charge in [0.15, 0.2) is 5.82 Å². The Labute approximate surface area is 134 Å². The molecule has 2 aromatic heterocycles. The molecule has 0 saturated heterocycles. The molecule has 1 aromatic carbocycles. The smallest absolute Gasteiger partial charge is 0.335 e. The summed E-state index contributed by atoms with van der Waals surface area (Å²) >= 11 is 3.41. The molecule has 0 atom stereocenters. The number of hydrogen-bond acceptors (Lipinski definition) is 4. The van der Waals surface area contributed by atoms with Crippen molar-refractivity contribution in [3.8, 4) is 0 Å². The molecule has 0 aliphatic carbocycles. The van der Waals surface area contributed by atoms with Crippen molar-refractivity contribution in [2.45, 2.75) is 6.92 Å². The topological polar surface area (TPSA) is 79.3 Å². The lowest BCUT2D eigenvalue weighted by Gasteiger charge is -1.98. The van der Waals surface area contributed by atoms with Crippen LogP contribution in [0.3, 0.4) is 0 Å². The Morgan fingerprint density at radius 2 is 2.09 bits per heavy atom. The van der Waals surface area contributed by atoms with E-state index in [1.807, 2.05) is 29.7 Å². The SMILES string of the molecule is Cc1nc2ccc(Br)cn2c1N=Nc1cccc(C(=O)O)c1. The average molecular weight is 359 g/mol. The van der Waals surface area contributed by atoms with Crippen molar-refractivity contribution in [2.75, 3.05) is 0 Å². The van der Waals surface area contributed by atoms with E-state index in [0.717, 1.165) is 15.8 Å². The Hall–Kier alpha value is -2.54. The number of nitrogens with zero attached hydrogens (tertiary/aromatic N) is 4. The molecule has 22 heavy (non-hydrogen) atoms. The number of aryl methyl sites for hydroxylation is 1. The molecule has 2 heterocycles. The van der Waals surface area contributed by atoms with Gasteiger partial charge in [-0.25, -0.2) is 9.78 Å². The van der Waals surface area contributed by atoms with Gasteiger partial charge in [0, 0.05) is 10.7 Å². The molecular weight excluding hydrogens is 348 g/mol. The Bertz CT molecular complexity index is 902. The molecule has 7 heteroatoms. The van der Waals surface area contributed by atoms with Crippen molar-refractivity contribution >= 4 is 39.1 Å². The minimum absolute atomic E-state index is 0.175. The van der Waals surface area contributed by atoms with E-state index < -0.39 is 5.97 Å². The summed E-state index contributed by atoms with van der Waals surface area (Å²) in [7, 11) is 0. The zero-order valence-electron chi connectivity index (χ0n) is 11.6. The van der Waals surface area contributed by atoms with Gasteiger partial charge in [-0.2, -0.15) is 0 Å². The van der Waals surface area contributed by atoms with Gasteiger partial charge in [0.2, 0.25) is 0 Å². The van der Waals surface area contributed by atoms with Gasteiger partial charge in [0.05, 0.1) is 16.9 Å². The molecule has 0 amide bonds. The number of halogens is 1. The van der Waals surface area contributed by atoms with Gasteiger partial charge in [0.25, 0.3) is 0 Å². The highest BCUT2D eigenvalue weighted by Crippen LogP contribution is 2.25. The van der Waals surface area contributed by atoms with Gasteiger partial charge in [-0.15, -0.1) is 10.2 Å². The fraction of sp³-hybridized carbons (Fsp3) is 0.0667. The van der Waals surface area contributed by atoms with Crippen molar-refractivity contribution < 1.29 is 9.90 Å². The largest absolute Gasteiger partial charge is 0.478 e. The number of benzene rings is 1. The number of rotatable bonds is 3. The Balaban J connectivity index is 2.02. The first-order valence-corrected chi connectivity index (χ1v) is 7.23. The molecule has 110 valence electrons. The fourth-order valence-corrected chi connectivity index (χ4v) is 2.39. The monoisotopic (exact) mass is 358 g/mol. The van der Waals surface area contributed by atoms with Gasteiger partial charge in [-0.3, -0.25) is 4.40 Å². The molecule has 0 radical (unpaired) electrons. The molecule has 6 nitrogen and oxygen atoms in total. The summed E-state index contributed by atoms with van der Waals surface area (Å²) in [6.07, 6.45) is 1.86. The maximum absolute atomic E-state index is 11.0. The molecule has 0 unspecified atom stereocenters. The number of pyridine rings is 1. The minimum atomic E-state index is -0.994. The first-order chi connectivity index (χ1) is 10.5. The van der Waals surface area contributed by atoms with E-state index in [1.165, 1.54) is 12.1 Å². The van der Waals surface area contributed by atoms with Crippen LogP contribution in [0.5, 0.6) is 0 Å². The number of carboxylic acids is 1. The number of azo groups is 1. The van der Waals surface area contributed by atoms with Crippen LogP contribution in [0.2, 0.25) is 0 Å². The van der Waals surface area contributed by atoms with Gasteiger partial charge in [-0.05, 0) is 53.2 Å². The standard InChI is InChI=1S/C15H11BrN4O2/c1-9-14(20-8-11(16)5-6-13(20)17-9)19-18-12-4-2-3-10(7-12)15(21)22/h2-8H,1H3,(H,21,22). The van der Waals surface area contributed by atoms with E-state index in [1.54, 1.807) is 12.1 Å². The van der Waals surface area contributed by atoms with E-state index in [2.05, 4.69) is 31.1 Å². The maximum Gasteiger partial charge on any atom is 0.335 e. The van der Waals surface area contributed by atoms with Crippen LogP contribution in [0, 0.1) is 6.92 Å². The summed E-state index contributed by atoms with van der Waals surface area (Å²) < 4.78 is 2.73. The summed E-state index contributed by atoms with van der Waals surface area (Å²) in [5.74, 6) is -0.385. The van der Waals surface area contributed by atoms with Crippen molar-refractivity contribution in [3.05, 3.63) is 58.3 Å². The average Bonchev–Trinajstić information content (AvgIpc) is 2.80. The molecule has 0 fully saturated rings.